The van der Waals surface area contributed by atoms with E-state index >= 15 is 0 Å². The number of anilines is 1. The second kappa shape index (κ2) is 8.73. The van der Waals surface area contributed by atoms with Gasteiger partial charge in [-0.2, -0.15) is 5.10 Å². The highest BCUT2D eigenvalue weighted by Crippen LogP contribution is 2.19. The number of rotatable bonds is 6. The predicted octanol–water partition coefficient (Wildman–Crippen LogP) is 3.91. The molecule has 0 aliphatic heterocycles. The van der Waals surface area contributed by atoms with Gasteiger partial charge in [0, 0.05) is 16.9 Å². The number of benzene rings is 2. The highest BCUT2D eigenvalue weighted by molar-refractivity contribution is 5.95. The van der Waals surface area contributed by atoms with Crippen LogP contribution >= 0.6 is 0 Å². The molecular weight excluding hydrogens is 366 g/mol. The Morgan fingerprint density at radius 2 is 1.79 bits per heavy atom. The number of carbonyl (C=O) groups excluding carboxylic acids is 2. The summed E-state index contributed by atoms with van der Waals surface area (Å²) in [4.78, 5) is 24.8. The molecule has 0 unspecified atom stereocenters. The lowest BCUT2D eigenvalue weighted by Gasteiger charge is -2.14. The van der Waals surface area contributed by atoms with Crippen LogP contribution in [0, 0.1) is 20.8 Å². The number of hydrogen-bond donors (Lipinski definition) is 1. The van der Waals surface area contributed by atoms with Crippen molar-refractivity contribution in [3.8, 4) is 5.69 Å². The van der Waals surface area contributed by atoms with Crippen molar-refractivity contribution >= 4 is 17.6 Å². The molecule has 0 radical (unpaired) electrons. The molecule has 0 aliphatic carbocycles. The highest BCUT2D eigenvalue weighted by Gasteiger charge is 2.21. The molecule has 1 amide bonds. The van der Waals surface area contributed by atoms with Gasteiger partial charge >= 0.3 is 5.97 Å². The third-order valence-electron chi connectivity index (χ3n) is 4.73. The monoisotopic (exact) mass is 391 g/mol. The van der Waals surface area contributed by atoms with Gasteiger partial charge in [0.2, 0.25) is 0 Å². The minimum Gasteiger partial charge on any atom is -0.452 e. The molecule has 1 aromatic heterocycles. The number of para-hydroxylation sites is 1. The van der Waals surface area contributed by atoms with E-state index in [4.69, 9.17) is 4.74 Å². The normalized spacial score (nSPS) is 11.7. The first-order valence-corrected chi connectivity index (χ1v) is 9.52. The molecule has 0 spiro atoms. The van der Waals surface area contributed by atoms with E-state index < -0.39 is 12.1 Å². The molecule has 150 valence electrons. The maximum Gasteiger partial charge on any atom is 0.311 e. The Hall–Kier alpha value is -3.41. The first kappa shape index (κ1) is 20.3. The van der Waals surface area contributed by atoms with E-state index in [1.165, 1.54) is 0 Å². The largest absolute Gasteiger partial charge is 0.452 e. The maximum absolute atomic E-state index is 12.4. The zero-order valence-electron chi connectivity index (χ0n) is 17.1. The van der Waals surface area contributed by atoms with Crippen molar-refractivity contribution in [1.82, 2.24) is 9.78 Å². The molecule has 1 N–H and O–H groups in total. The minimum atomic E-state index is -0.896. The van der Waals surface area contributed by atoms with Crippen LogP contribution in [0.4, 0.5) is 5.69 Å². The van der Waals surface area contributed by atoms with Gasteiger partial charge in [0.25, 0.3) is 5.91 Å². The maximum atomic E-state index is 12.4. The van der Waals surface area contributed by atoms with Crippen molar-refractivity contribution in [2.45, 2.75) is 40.2 Å². The number of hydrogen-bond acceptors (Lipinski definition) is 4. The predicted molar refractivity (Wildman–Crippen MR) is 112 cm³/mol. The number of aryl methyl sites for hydroxylation is 2. The second-order valence-electron chi connectivity index (χ2n) is 7.06. The second-order valence-corrected chi connectivity index (χ2v) is 7.06. The van der Waals surface area contributed by atoms with Crippen molar-refractivity contribution in [1.29, 1.82) is 0 Å². The van der Waals surface area contributed by atoms with Gasteiger partial charge in [-0.15, -0.1) is 0 Å². The van der Waals surface area contributed by atoms with Crippen LogP contribution in [0.1, 0.15) is 29.4 Å². The number of nitrogens with zero attached hydrogens (tertiary/aromatic N) is 2. The van der Waals surface area contributed by atoms with E-state index in [1.54, 1.807) is 13.0 Å². The zero-order valence-corrected chi connectivity index (χ0v) is 17.1. The van der Waals surface area contributed by atoms with Gasteiger partial charge in [0.05, 0.1) is 17.8 Å². The number of nitrogens with one attached hydrogen (secondary N) is 1. The van der Waals surface area contributed by atoms with Crippen molar-refractivity contribution < 1.29 is 14.3 Å². The van der Waals surface area contributed by atoms with Gasteiger partial charge in [-0.1, -0.05) is 30.3 Å². The molecule has 6 nitrogen and oxygen atoms in total. The van der Waals surface area contributed by atoms with E-state index in [-0.39, 0.29) is 12.3 Å². The van der Waals surface area contributed by atoms with Crippen LogP contribution in [-0.4, -0.2) is 27.8 Å². The van der Waals surface area contributed by atoms with Gasteiger partial charge < -0.3 is 10.1 Å². The third kappa shape index (κ3) is 4.90. The molecule has 1 heterocycles. The lowest BCUT2D eigenvalue weighted by atomic mass is 10.1. The minimum absolute atomic E-state index is 0.0621. The van der Waals surface area contributed by atoms with E-state index in [0.29, 0.717) is 5.69 Å². The quantitative estimate of drug-likeness (QED) is 0.647. The number of ether oxygens (including phenoxy) is 1. The molecule has 6 heteroatoms. The van der Waals surface area contributed by atoms with Crippen LogP contribution in [0.2, 0.25) is 0 Å². The molecule has 0 bridgehead atoms. The third-order valence-corrected chi connectivity index (χ3v) is 4.73. The lowest BCUT2D eigenvalue weighted by molar-refractivity contribution is -0.152. The van der Waals surface area contributed by atoms with Crippen molar-refractivity contribution in [3.05, 3.63) is 77.1 Å². The number of esters is 1. The van der Waals surface area contributed by atoms with Crippen LogP contribution in [0.15, 0.2) is 54.6 Å². The first-order chi connectivity index (χ1) is 13.8. The molecule has 0 saturated heterocycles. The Balaban J connectivity index is 1.64. The summed E-state index contributed by atoms with van der Waals surface area (Å²) in [6.07, 6.45) is -0.833. The fraction of sp³-hybridized carbons (Fsp3) is 0.261. The van der Waals surface area contributed by atoms with Crippen LogP contribution in [-0.2, 0) is 20.7 Å². The average molecular weight is 391 g/mol. The lowest BCUT2D eigenvalue weighted by Crippen LogP contribution is -2.30. The Morgan fingerprint density at radius 3 is 2.48 bits per heavy atom. The molecule has 0 aliphatic rings. The number of carbonyl (C=O) groups is 2. The Labute approximate surface area is 170 Å². The van der Waals surface area contributed by atoms with E-state index in [1.807, 2.05) is 74.0 Å². The molecule has 3 aromatic rings. The number of amides is 1. The summed E-state index contributed by atoms with van der Waals surface area (Å²) in [5.41, 5.74) is 5.09. The summed E-state index contributed by atoms with van der Waals surface area (Å²) in [5, 5.41) is 7.31. The average Bonchev–Trinajstić information content (AvgIpc) is 2.97. The first-order valence-electron chi connectivity index (χ1n) is 9.52. The fourth-order valence-electron chi connectivity index (χ4n) is 3.15. The van der Waals surface area contributed by atoms with Crippen LogP contribution in [0.25, 0.3) is 5.69 Å². The summed E-state index contributed by atoms with van der Waals surface area (Å²) in [6.45, 7) is 7.29. The van der Waals surface area contributed by atoms with Crippen LogP contribution < -0.4 is 5.32 Å². The van der Waals surface area contributed by atoms with Gasteiger partial charge in [0.1, 0.15) is 0 Å². The van der Waals surface area contributed by atoms with Gasteiger partial charge in [-0.05, 0) is 57.5 Å². The molecule has 0 saturated carbocycles. The van der Waals surface area contributed by atoms with Gasteiger partial charge in [-0.3, -0.25) is 9.59 Å². The Kier molecular flexibility index (Phi) is 6.12. The number of aromatic nitrogens is 2. The summed E-state index contributed by atoms with van der Waals surface area (Å²) in [6, 6.07) is 17.2. The summed E-state index contributed by atoms with van der Waals surface area (Å²) < 4.78 is 7.17. The van der Waals surface area contributed by atoms with Crippen LogP contribution in [0.3, 0.4) is 0 Å². The molecule has 1 atom stereocenters. The van der Waals surface area contributed by atoms with Gasteiger partial charge in [0.15, 0.2) is 6.10 Å². The molecule has 2 aromatic carbocycles. The topological polar surface area (TPSA) is 73.2 Å². The molecule has 0 fully saturated rings. The Bertz CT molecular complexity index is 1030. The van der Waals surface area contributed by atoms with Crippen molar-refractivity contribution in [2.75, 3.05) is 5.32 Å². The molecule has 29 heavy (non-hydrogen) atoms. The molecule has 3 rings (SSSR count). The smallest absolute Gasteiger partial charge is 0.311 e. The van der Waals surface area contributed by atoms with Crippen LogP contribution in [0.5, 0.6) is 0 Å². The van der Waals surface area contributed by atoms with Crippen molar-refractivity contribution in [3.63, 3.8) is 0 Å². The SMILES string of the molecule is Cc1cccc(NC(=O)[C@H](C)OC(=O)Cc2c(C)nn(-c3ccccc3)c2C)c1. The standard InChI is InChI=1S/C23H25N3O3/c1-15-9-8-10-19(13-15)24-23(28)18(4)29-22(27)14-21-16(2)25-26(17(21)3)20-11-6-5-7-12-20/h5-13,18H,14H2,1-4H3,(H,24,28)/t18-/m0/s1. The van der Waals surface area contributed by atoms with Gasteiger partial charge in [-0.25, -0.2) is 4.68 Å². The summed E-state index contributed by atoms with van der Waals surface area (Å²) in [7, 11) is 0. The van der Waals surface area contributed by atoms with Crippen molar-refractivity contribution in [2.24, 2.45) is 0 Å². The van der Waals surface area contributed by atoms with E-state index in [9.17, 15) is 9.59 Å². The summed E-state index contributed by atoms with van der Waals surface area (Å²) >= 11 is 0. The summed E-state index contributed by atoms with van der Waals surface area (Å²) in [5.74, 6) is -0.826. The molecular formula is C23H25N3O3. The Morgan fingerprint density at radius 1 is 1.07 bits per heavy atom. The zero-order chi connectivity index (χ0) is 21.0. The van der Waals surface area contributed by atoms with E-state index in [0.717, 1.165) is 28.2 Å². The van der Waals surface area contributed by atoms with E-state index in [2.05, 4.69) is 10.4 Å². The fourth-order valence-corrected chi connectivity index (χ4v) is 3.15. The highest BCUT2D eigenvalue weighted by atomic mass is 16.5.